The molecule has 0 aliphatic heterocycles. The minimum Gasteiger partial charge on any atom is -0.453 e. The van der Waals surface area contributed by atoms with E-state index in [2.05, 4.69) is 0 Å². The summed E-state index contributed by atoms with van der Waals surface area (Å²) in [6.07, 6.45) is -4.96. The van der Waals surface area contributed by atoms with E-state index >= 15 is 0 Å². The highest BCUT2D eigenvalue weighted by atomic mass is 32.2. The molecule has 1 amide bonds. The van der Waals surface area contributed by atoms with Crippen LogP contribution >= 0.6 is 0 Å². The molecule has 0 heterocycles. The summed E-state index contributed by atoms with van der Waals surface area (Å²) in [4.78, 5) is 11.4. The van der Waals surface area contributed by atoms with E-state index < -0.39 is 49.7 Å². The molecular formula is C20H13F4NO4S. The van der Waals surface area contributed by atoms with Crippen molar-refractivity contribution in [2.45, 2.75) is 11.1 Å². The van der Waals surface area contributed by atoms with Crippen LogP contribution in [0.3, 0.4) is 0 Å². The van der Waals surface area contributed by atoms with Gasteiger partial charge in [0.25, 0.3) is 15.9 Å². The second-order valence-electron chi connectivity index (χ2n) is 5.96. The fourth-order valence-corrected chi connectivity index (χ4v) is 3.76. The molecule has 5 nitrogen and oxygen atoms in total. The number of para-hydroxylation sites is 2. The minimum atomic E-state index is -4.96. The average molecular weight is 439 g/mol. The third-order valence-corrected chi connectivity index (χ3v) is 5.27. The summed E-state index contributed by atoms with van der Waals surface area (Å²) in [5.74, 6) is -2.71. The molecule has 156 valence electrons. The number of carbonyl (C=O) groups excluding carboxylic acids is 1. The maximum Gasteiger partial charge on any atom is 0.417 e. The quantitative estimate of drug-likeness (QED) is 0.582. The van der Waals surface area contributed by atoms with Gasteiger partial charge in [-0.1, -0.05) is 36.4 Å². The van der Waals surface area contributed by atoms with Crippen LogP contribution in [0.15, 0.2) is 77.7 Å². The molecule has 0 fully saturated rings. The molecule has 0 saturated heterocycles. The van der Waals surface area contributed by atoms with Crippen LogP contribution in [-0.4, -0.2) is 14.3 Å². The van der Waals surface area contributed by atoms with Crippen LogP contribution in [0.4, 0.5) is 17.6 Å². The van der Waals surface area contributed by atoms with Crippen molar-refractivity contribution in [1.82, 2.24) is 4.72 Å². The number of hydrogen-bond donors (Lipinski definition) is 1. The van der Waals surface area contributed by atoms with Crippen LogP contribution in [0.2, 0.25) is 0 Å². The van der Waals surface area contributed by atoms with Crippen molar-refractivity contribution in [1.29, 1.82) is 0 Å². The first-order valence-electron chi connectivity index (χ1n) is 8.34. The summed E-state index contributed by atoms with van der Waals surface area (Å²) in [7, 11) is -4.92. The third kappa shape index (κ3) is 4.60. The fourth-order valence-electron chi connectivity index (χ4n) is 2.56. The zero-order valence-corrected chi connectivity index (χ0v) is 15.8. The Morgan fingerprint density at radius 1 is 0.867 bits per heavy atom. The molecule has 0 atom stereocenters. The first kappa shape index (κ1) is 21.3. The Balaban J connectivity index is 1.97. The van der Waals surface area contributed by atoms with E-state index in [9.17, 15) is 30.8 Å². The van der Waals surface area contributed by atoms with E-state index in [0.29, 0.717) is 12.1 Å². The fraction of sp³-hybridized carbons (Fsp3) is 0.0500. The van der Waals surface area contributed by atoms with E-state index in [0.717, 1.165) is 30.3 Å². The zero-order chi connectivity index (χ0) is 21.9. The molecule has 30 heavy (non-hydrogen) atoms. The molecular weight excluding hydrogens is 426 g/mol. The van der Waals surface area contributed by atoms with Crippen molar-refractivity contribution in [2.24, 2.45) is 0 Å². The van der Waals surface area contributed by atoms with Gasteiger partial charge in [-0.05, 0) is 36.4 Å². The predicted octanol–water partition coefficient (Wildman–Crippen LogP) is 4.76. The molecule has 0 bridgehead atoms. The smallest absolute Gasteiger partial charge is 0.417 e. The molecule has 0 radical (unpaired) electrons. The van der Waals surface area contributed by atoms with Gasteiger partial charge < -0.3 is 4.74 Å². The van der Waals surface area contributed by atoms with Gasteiger partial charge in [0.2, 0.25) is 0 Å². The topological polar surface area (TPSA) is 72.5 Å². The summed E-state index contributed by atoms with van der Waals surface area (Å²) in [5.41, 5.74) is -1.95. The molecule has 10 heteroatoms. The van der Waals surface area contributed by atoms with Crippen molar-refractivity contribution in [3.8, 4) is 11.5 Å². The highest BCUT2D eigenvalue weighted by Crippen LogP contribution is 2.34. The van der Waals surface area contributed by atoms with Crippen LogP contribution in [0.1, 0.15) is 15.9 Å². The molecule has 0 aromatic heterocycles. The van der Waals surface area contributed by atoms with Gasteiger partial charge in [0.1, 0.15) is 5.75 Å². The number of rotatable bonds is 5. The predicted molar refractivity (Wildman–Crippen MR) is 99.0 cm³/mol. The zero-order valence-electron chi connectivity index (χ0n) is 15.0. The molecule has 3 rings (SSSR count). The molecule has 0 aliphatic rings. The van der Waals surface area contributed by atoms with Gasteiger partial charge in [-0.3, -0.25) is 4.79 Å². The highest BCUT2D eigenvalue weighted by molar-refractivity contribution is 7.90. The summed E-state index contributed by atoms with van der Waals surface area (Å²) in [5, 5.41) is 0. The number of halogens is 4. The molecule has 0 spiro atoms. The summed E-state index contributed by atoms with van der Waals surface area (Å²) < 4.78 is 85.6. The number of benzene rings is 3. The van der Waals surface area contributed by atoms with Gasteiger partial charge in [-0.25, -0.2) is 17.5 Å². The standard InChI is InChI=1S/C20H13F4NO4S/c21-16-11-6-9-14(18(16)29-13-7-2-1-3-8-13)19(26)25-30(27,28)17-12-5-4-10-15(17)20(22,23)24/h1-12H,(H,25,26). The van der Waals surface area contributed by atoms with Gasteiger partial charge in [0.15, 0.2) is 11.6 Å². The van der Waals surface area contributed by atoms with Gasteiger partial charge in [0.05, 0.1) is 16.0 Å². The van der Waals surface area contributed by atoms with E-state index in [-0.39, 0.29) is 5.75 Å². The van der Waals surface area contributed by atoms with Crippen LogP contribution < -0.4 is 9.46 Å². The second-order valence-corrected chi connectivity index (χ2v) is 7.61. The number of nitrogens with one attached hydrogen (secondary N) is 1. The van der Waals surface area contributed by atoms with Crippen molar-refractivity contribution >= 4 is 15.9 Å². The largest absolute Gasteiger partial charge is 0.453 e. The van der Waals surface area contributed by atoms with Crippen molar-refractivity contribution in [3.63, 3.8) is 0 Å². The maximum absolute atomic E-state index is 14.3. The maximum atomic E-state index is 14.3. The third-order valence-electron chi connectivity index (χ3n) is 3.88. The van der Waals surface area contributed by atoms with E-state index in [4.69, 9.17) is 4.74 Å². The summed E-state index contributed by atoms with van der Waals surface area (Å²) >= 11 is 0. The number of hydrogen-bond acceptors (Lipinski definition) is 4. The summed E-state index contributed by atoms with van der Waals surface area (Å²) in [6.45, 7) is 0. The number of carbonyl (C=O) groups is 1. The Hall–Kier alpha value is -3.40. The normalized spacial score (nSPS) is 11.7. The van der Waals surface area contributed by atoms with Gasteiger partial charge >= 0.3 is 6.18 Å². The number of sulfonamides is 1. The van der Waals surface area contributed by atoms with E-state index in [1.807, 2.05) is 0 Å². The van der Waals surface area contributed by atoms with Crippen molar-refractivity contribution in [2.75, 3.05) is 0 Å². The molecule has 1 N–H and O–H groups in total. The number of ether oxygens (including phenoxy) is 1. The lowest BCUT2D eigenvalue weighted by Crippen LogP contribution is -2.32. The van der Waals surface area contributed by atoms with Gasteiger partial charge in [-0.15, -0.1) is 0 Å². The van der Waals surface area contributed by atoms with Gasteiger partial charge in [0, 0.05) is 0 Å². The Labute approximate surface area is 169 Å². The van der Waals surface area contributed by atoms with Crippen molar-refractivity contribution in [3.05, 3.63) is 89.7 Å². The second kappa shape index (κ2) is 8.15. The lowest BCUT2D eigenvalue weighted by Gasteiger charge is -2.15. The Bertz CT molecular complexity index is 1180. The molecule has 3 aromatic carbocycles. The molecule has 3 aromatic rings. The lowest BCUT2D eigenvalue weighted by molar-refractivity contribution is -0.139. The number of amides is 1. The molecule has 0 unspecified atom stereocenters. The Kier molecular flexibility index (Phi) is 5.79. The monoisotopic (exact) mass is 439 g/mol. The van der Waals surface area contributed by atoms with Crippen LogP contribution in [0.25, 0.3) is 0 Å². The van der Waals surface area contributed by atoms with Crippen LogP contribution in [0, 0.1) is 5.82 Å². The van der Waals surface area contributed by atoms with Crippen LogP contribution in [-0.2, 0) is 16.2 Å². The van der Waals surface area contributed by atoms with Gasteiger partial charge in [-0.2, -0.15) is 13.2 Å². The Morgan fingerprint density at radius 2 is 1.50 bits per heavy atom. The first-order chi connectivity index (χ1) is 14.1. The molecule has 0 saturated carbocycles. The first-order valence-corrected chi connectivity index (χ1v) is 9.83. The SMILES string of the molecule is O=C(NS(=O)(=O)c1ccccc1C(F)(F)F)c1cccc(F)c1Oc1ccccc1. The average Bonchev–Trinajstić information content (AvgIpc) is 2.69. The summed E-state index contributed by atoms with van der Waals surface area (Å²) in [6, 6.07) is 14.4. The lowest BCUT2D eigenvalue weighted by atomic mass is 10.2. The Morgan fingerprint density at radius 3 is 2.17 bits per heavy atom. The highest BCUT2D eigenvalue weighted by Gasteiger charge is 2.37. The van der Waals surface area contributed by atoms with Crippen LogP contribution in [0.5, 0.6) is 11.5 Å². The van der Waals surface area contributed by atoms with E-state index in [1.54, 1.807) is 22.9 Å². The minimum absolute atomic E-state index is 0.168. The molecule has 0 aliphatic carbocycles. The van der Waals surface area contributed by atoms with E-state index in [1.165, 1.54) is 12.1 Å². The number of alkyl halides is 3. The van der Waals surface area contributed by atoms with Crippen molar-refractivity contribution < 1.29 is 35.5 Å².